The quantitative estimate of drug-likeness (QED) is 0.500. The van der Waals surface area contributed by atoms with E-state index in [9.17, 15) is 5.11 Å². The summed E-state index contributed by atoms with van der Waals surface area (Å²) in [7, 11) is 0. The highest BCUT2D eigenvalue weighted by molar-refractivity contribution is 6.35. The molecule has 3 rings (SSSR count). The lowest BCUT2D eigenvalue weighted by Gasteiger charge is -2.21. The van der Waals surface area contributed by atoms with E-state index < -0.39 is 0 Å². The number of hydrogen-bond donors (Lipinski definition) is 3. The third-order valence-corrected chi connectivity index (χ3v) is 4.77. The Labute approximate surface area is 174 Å². The molecule has 1 aromatic carbocycles. The molecule has 1 atom stereocenters. The molecule has 8 heteroatoms. The van der Waals surface area contributed by atoms with Gasteiger partial charge >= 0.3 is 0 Å². The molecule has 2 aromatic heterocycles. The van der Waals surface area contributed by atoms with Crippen molar-refractivity contribution in [1.29, 1.82) is 0 Å². The zero-order valence-electron chi connectivity index (χ0n) is 15.5. The Morgan fingerprint density at radius 2 is 1.79 bits per heavy atom. The summed E-state index contributed by atoms with van der Waals surface area (Å²) in [5.74, 6) is 1.16. The first-order chi connectivity index (χ1) is 13.5. The Balaban J connectivity index is 2.00. The molecule has 6 nitrogen and oxygen atoms in total. The van der Waals surface area contributed by atoms with Crippen molar-refractivity contribution in [3.63, 3.8) is 0 Å². The lowest BCUT2D eigenvalue weighted by molar-refractivity contribution is 0.248. The molecule has 0 unspecified atom stereocenters. The monoisotopic (exact) mass is 417 g/mol. The van der Waals surface area contributed by atoms with Gasteiger partial charge in [0.1, 0.15) is 5.82 Å². The predicted molar refractivity (Wildman–Crippen MR) is 114 cm³/mol. The van der Waals surface area contributed by atoms with Crippen LogP contribution in [0.5, 0.6) is 0 Å². The molecule has 0 saturated heterocycles. The van der Waals surface area contributed by atoms with Gasteiger partial charge in [0.15, 0.2) is 0 Å². The Morgan fingerprint density at radius 3 is 2.46 bits per heavy atom. The second kappa shape index (κ2) is 9.19. The summed E-state index contributed by atoms with van der Waals surface area (Å²) in [6, 6.07) is 10.6. The van der Waals surface area contributed by atoms with Gasteiger partial charge in [0.05, 0.1) is 29.1 Å². The number of pyridine rings is 1. The van der Waals surface area contributed by atoms with E-state index in [1.165, 1.54) is 0 Å². The molecule has 3 N–H and O–H groups in total. The van der Waals surface area contributed by atoms with Gasteiger partial charge in [-0.1, -0.05) is 37.0 Å². The number of aromatic nitrogens is 3. The molecule has 0 saturated carbocycles. The van der Waals surface area contributed by atoms with Crippen molar-refractivity contribution in [3.05, 3.63) is 58.8 Å². The molecule has 0 bridgehead atoms. The van der Waals surface area contributed by atoms with Crippen LogP contribution in [0.25, 0.3) is 11.3 Å². The van der Waals surface area contributed by atoms with Crippen molar-refractivity contribution in [3.8, 4) is 11.3 Å². The van der Waals surface area contributed by atoms with E-state index in [0.717, 1.165) is 5.56 Å². The van der Waals surface area contributed by atoms with Crippen molar-refractivity contribution in [1.82, 2.24) is 15.0 Å². The Hall–Kier alpha value is -2.41. The first-order valence-electron chi connectivity index (χ1n) is 8.85. The summed E-state index contributed by atoms with van der Waals surface area (Å²) in [6.45, 7) is 4.01. The highest BCUT2D eigenvalue weighted by Crippen LogP contribution is 2.30. The highest BCUT2D eigenvalue weighted by atomic mass is 35.5. The number of halogens is 2. The van der Waals surface area contributed by atoms with E-state index in [1.807, 2.05) is 32.0 Å². The number of aliphatic hydroxyl groups excluding tert-OH is 1. The number of hydrogen-bond acceptors (Lipinski definition) is 6. The predicted octanol–water partition coefficient (Wildman–Crippen LogP) is 5.02. The Morgan fingerprint density at radius 1 is 1.04 bits per heavy atom. The fourth-order valence-electron chi connectivity index (χ4n) is 2.57. The highest BCUT2D eigenvalue weighted by Gasteiger charge is 2.15. The summed E-state index contributed by atoms with van der Waals surface area (Å²) in [6.07, 6.45) is 3.41. The van der Waals surface area contributed by atoms with Crippen LogP contribution in [-0.4, -0.2) is 32.7 Å². The maximum atomic E-state index is 9.64. The zero-order chi connectivity index (χ0) is 20.1. The molecule has 3 aromatic rings. The average molecular weight is 418 g/mol. The molecule has 0 aliphatic rings. The summed E-state index contributed by atoms with van der Waals surface area (Å²) in [5, 5.41) is 17.1. The van der Waals surface area contributed by atoms with Crippen molar-refractivity contribution >= 4 is 40.7 Å². The SMILES string of the molecule is CC(C)[C@H](CO)Nc1nc(Nc2cc(Cl)ccc2Cl)cc(-c2ccncc2)n1. The molecule has 28 heavy (non-hydrogen) atoms. The van der Waals surface area contributed by atoms with E-state index in [4.69, 9.17) is 23.2 Å². The molecule has 0 aliphatic heterocycles. The standard InChI is InChI=1S/C20H21Cl2N5O/c1-12(2)18(11-28)26-20-25-16(13-5-7-23-8-6-13)10-19(27-20)24-17-9-14(21)3-4-15(17)22/h3-10,12,18,28H,11H2,1-2H3,(H2,24,25,26,27)/t18-/m0/s1. The van der Waals surface area contributed by atoms with Crippen LogP contribution in [0.15, 0.2) is 48.8 Å². The molecule has 0 radical (unpaired) electrons. The Kier molecular flexibility index (Phi) is 6.67. The summed E-state index contributed by atoms with van der Waals surface area (Å²) in [5.41, 5.74) is 2.24. The van der Waals surface area contributed by atoms with Gasteiger partial charge in [-0.05, 0) is 36.2 Å². The summed E-state index contributed by atoms with van der Waals surface area (Å²) in [4.78, 5) is 13.2. The zero-order valence-corrected chi connectivity index (χ0v) is 17.0. The van der Waals surface area contributed by atoms with Crippen LogP contribution < -0.4 is 10.6 Å². The molecule has 0 spiro atoms. The molecule has 146 valence electrons. The largest absolute Gasteiger partial charge is 0.394 e. The van der Waals surface area contributed by atoms with Crippen molar-refractivity contribution in [2.24, 2.45) is 5.92 Å². The fourth-order valence-corrected chi connectivity index (χ4v) is 2.90. The van der Waals surface area contributed by atoms with Crippen LogP contribution in [0.1, 0.15) is 13.8 Å². The minimum Gasteiger partial charge on any atom is -0.394 e. The van der Waals surface area contributed by atoms with Gasteiger partial charge in [-0.3, -0.25) is 4.98 Å². The van der Waals surface area contributed by atoms with Gasteiger partial charge in [-0.25, -0.2) is 4.98 Å². The minimum absolute atomic E-state index is 0.0244. The molecule has 0 amide bonds. The fraction of sp³-hybridized carbons (Fsp3) is 0.250. The van der Waals surface area contributed by atoms with Crippen LogP contribution in [0.4, 0.5) is 17.5 Å². The Bertz CT molecular complexity index is 937. The molecule has 0 aliphatic carbocycles. The van der Waals surface area contributed by atoms with E-state index in [0.29, 0.717) is 33.2 Å². The second-order valence-corrected chi connectivity index (χ2v) is 7.47. The van der Waals surface area contributed by atoms with Gasteiger partial charge in [-0.2, -0.15) is 4.98 Å². The van der Waals surface area contributed by atoms with Crippen LogP contribution in [0.3, 0.4) is 0 Å². The topological polar surface area (TPSA) is 83.0 Å². The third-order valence-electron chi connectivity index (χ3n) is 4.21. The van der Waals surface area contributed by atoms with Gasteiger partial charge in [0.2, 0.25) is 5.95 Å². The van der Waals surface area contributed by atoms with Crippen LogP contribution in [0.2, 0.25) is 10.0 Å². The third kappa shape index (κ3) is 5.10. The van der Waals surface area contributed by atoms with Crippen molar-refractivity contribution in [2.45, 2.75) is 19.9 Å². The maximum absolute atomic E-state index is 9.64. The van der Waals surface area contributed by atoms with Gasteiger partial charge in [-0.15, -0.1) is 0 Å². The molecular weight excluding hydrogens is 397 g/mol. The number of anilines is 3. The first kappa shape index (κ1) is 20.3. The van der Waals surface area contributed by atoms with Gasteiger partial charge in [0.25, 0.3) is 0 Å². The normalized spacial score (nSPS) is 12.1. The van der Waals surface area contributed by atoms with Crippen molar-refractivity contribution < 1.29 is 5.11 Å². The summed E-state index contributed by atoms with van der Waals surface area (Å²) >= 11 is 12.4. The number of rotatable bonds is 7. The van der Waals surface area contributed by atoms with E-state index in [2.05, 4.69) is 25.6 Å². The van der Waals surface area contributed by atoms with E-state index >= 15 is 0 Å². The number of nitrogens with one attached hydrogen (secondary N) is 2. The summed E-state index contributed by atoms with van der Waals surface area (Å²) < 4.78 is 0. The number of benzene rings is 1. The van der Waals surface area contributed by atoms with Crippen LogP contribution in [0, 0.1) is 5.92 Å². The van der Waals surface area contributed by atoms with Crippen LogP contribution in [-0.2, 0) is 0 Å². The van der Waals surface area contributed by atoms with Crippen molar-refractivity contribution in [2.75, 3.05) is 17.2 Å². The number of nitrogens with zero attached hydrogens (tertiary/aromatic N) is 3. The molecule has 2 heterocycles. The lowest BCUT2D eigenvalue weighted by Crippen LogP contribution is -2.30. The first-order valence-corrected chi connectivity index (χ1v) is 9.61. The smallest absolute Gasteiger partial charge is 0.225 e. The van der Waals surface area contributed by atoms with Gasteiger partial charge < -0.3 is 15.7 Å². The number of aliphatic hydroxyl groups is 1. The average Bonchev–Trinajstić information content (AvgIpc) is 2.69. The van der Waals surface area contributed by atoms with Crippen LogP contribution >= 0.6 is 23.2 Å². The second-order valence-electron chi connectivity index (χ2n) is 6.62. The van der Waals surface area contributed by atoms with E-state index in [1.54, 1.807) is 30.6 Å². The molecular formula is C20H21Cl2N5O. The van der Waals surface area contributed by atoms with E-state index in [-0.39, 0.29) is 18.6 Å². The lowest BCUT2D eigenvalue weighted by atomic mass is 10.1. The van der Waals surface area contributed by atoms with Gasteiger partial charge in [0, 0.05) is 29.0 Å². The maximum Gasteiger partial charge on any atom is 0.225 e. The molecule has 0 fully saturated rings. The minimum atomic E-state index is -0.171.